The molecule has 1 heterocycles. The van der Waals surface area contributed by atoms with Crippen LogP contribution in [0.15, 0.2) is 48.5 Å². The maximum atomic E-state index is 11.2. The highest BCUT2D eigenvalue weighted by atomic mass is 16.5. The van der Waals surface area contributed by atoms with Gasteiger partial charge in [0.25, 0.3) is 0 Å². The lowest BCUT2D eigenvalue weighted by Crippen LogP contribution is -2.22. The van der Waals surface area contributed by atoms with Gasteiger partial charge in [0.2, 0.25) is 5.91 Å². The Morgan fingerprint density at radius 1 is 1.17 bits per heavy atom. The van der Waals surface area contributed by atoms with Gasteiger partial charge in [-0.15, -0.1) is 0 Å². The van der Waals surface area contributed by atoms with E-state index in [2.05, 4.69) is 29.2 Å². The first-order chi connectivity index (χ1) is 11.7. The molecule has 126 valence electrons. The van der Waals surface area contributed by atoms with E-state index in [-0.39, 0.29) is 5.91 Å². The fourth-order valence-corrected chi connectivity index (χ4v) is 3.35. The van der Waals surface area contributed by atoms with Crippen LogP contribution >= 0.6 is 0 Å². The molecule has 0 aliphatic carbocycles. The van der Waals surface area contributed by atoms with Crippen molar-refractivity contribution in [1.29, 1.82) is 0 Å². The van der Waals surface area contributed by atoms with E-state index in [1.165, 1.54) is 24.0 Å². The number of hydrogen-bond donors (Lipinski definition) is 1. The standard InChI is InChI=1S/C20H24N2O2/c1-2-24-18-11-9-16(10-12-18)19-4-3-13-22(19)14-15-5-7-17(8-6-15)20(21)23/h5-12,19H,2-4,13-14H2,1H3,(H2,21,23). The number of likely N-dealkylation sites (tertiary alicyclic amines) is 1. The summed E-state index contributed by atoms with van der Waals surface area (Å²) in [7, 11) is 0. The highest BCUT2D eigenvalue weighted by molar-refractivity contribution is 5.92. The van der Waals surface area contributed by atoms with Crippen LogP contribution in [0.4, 0.5) is 0 Å². The smallest absolute Gasteiger partial charge is 0.248 e. The zero-order valence-electron chi connectivity index (χ0n) is 14.1. The van der Waals surface area contributed by atoms with Gasteiger partial charge < -0.3 is 10.5 Å². The molecule has 1 aliphatic heterocycles. The Morgan fingerprint density at radius 2 is 1.88 bits per heavy atom. The summed E-state index contributed by atoms with van der Waals surface area (Å²) < 4.78 is 5.53. The van der Waals surface area contributed by atoms with Gasteiger partial charge in [0, 0.05) is 18.2 Å². The first-order valence-corrected chi connectivity index (χ1v) is 8.53. The van der Waals surface area contributed by atoms with E-state index in [4.69, 9.17) is 10.5 Å². The van der Waals surface area contributed by atoms with Gasteiger partial charge in [0.05, 0.1) is 6.61 Å². The van der Waals surface area contributed by atoms with Crippen molar-refractivity contribution < 1.29 is 9.53 Å². The van der Waals surface area contributed by atoms with Crippen molar-refractivity contribution in [2.45, 2.75) is 32.4 Å². The zero-order chi connectivity index (χ0) is 16.9. The minimum atomic E-state index is -0.380. The fourth-order valence-electron chi connectivity index (χ4n) is 3.35. The minimum Gasteiger partial charge on any atom is -0.494 e. The highest BCUT2D eigenvalue weighted by Crippen LogP contribution is 2.33. The average molecular weight is 324 g/mol. The van der Waals surface area contributed by atoms with E-state index >= 15 is 0 Å². The molecule has 0 aromatic heterocycles. The van der Waals surface area contributed by atoms with E-state index in [9.17, 15) is 4.79 Å². The predicted octanol–water partition coefficient (Wildman–Crippen LogP) is 3.52. The number of nitrogens with two attached hydrogens (primary N) is 1. The van der Waals surface area contributed by atoms with Crippen LogP contribution in [0.5, 0.6) is 5.75 Å². The third-order valence-electron chi connectivity index (χ3n) is 4.56. The topological polar surface area (TPSA) is 55.6 Å². The van der Waals surface area contributed by atoms with E-state index < -0.39 is 0 Å². The number of nitrogens with zero attached hydrogens (tertiary/aromatic N) is 1. The predicted molar refractivity (Wildman–Crippen MR) is 95.0 cm³/mol. The van der Waals surface area contributed by atoms with E-state index in [0.717, 1.165) is 18.8 Å². The Labute approximate surface area is 143 Å². The average Bonchev–Trinajstić information content (AvgIpc) is 3.04. The molecule has 1 fully saturated rings. The van der Waals surface area contributed by atoms with Crippen molar-refractivity contribution in [2.24, 2.45) is 5.73 Å². The largest absolute Gasteiger partial charge is 0.494 e. The number of primary amides is 1. The van der Waals surface area contributed by atoms with Gasteiger partial charge in [-0.25, -0.2) is 0 Å². The Morgan fingerprint density at radius 3 is 2.50 bits per heavy atom. The molecule has 0 radical (unpaired) electrons. The molecule has 1 atom stereocenters. The molecule has 2 aromatic rings. The first kappa shape index (κ1) is 16.5. The third kappa shape index (κ3) is 3.77. The first-order valence-electron chi connectivity index (χ1n) is 8.53. The quantitative estimate of drug-likeness (QED) is 0.884. The van der Waals surface area contributed by atoms with Crippen LogP contribution in [0.3, 0.4) is 0 Å². The maximum absolute atomic E-state index is 11.2. The Kier molecular flexibility index (Phi) is 5.16. The van der Waals surface area contributed by atoms with Crippen LogP contribution < -0.4 is 10.5 Å². The number of amides is 1. The molecule has 3 rings (SSSR count). The van der Waals surface area contributed by atoms with Gasteiger partial charge >= 0.3 is 0 Å². The van der Waals surface area contributed by atoms with Gasteiger partial charge in [-0.1, -0.05) is 24.3 Å². The SMILES string of the molecule is CCOc1ccc(C2CCCN2Cc2ccc(C(N)=O)cc2)cc1. The zero-order valence-corrected chi connectivity index (χ0v) is 14.1. The van der Waals surface area contributed by atoms with Gasteiger partial charge in [0.15, 0.2) is 0 Å². The summed E-state index contributed by atoms with van der Waals surface area (Å²) in [5.74, 6) is 0.544. The van der Waals surface area contributed by atoms with Crippen LogP contribution in [-0.2, 0) is 6.54 Å². The second-order valence-electron chi connectivity index (χ2n) is 6.19. The van der Waals surface area contributed by atoms with Crippen molar-refractivity contribution in [3.63, 3.8) is 0 Å². The van der Waals surface area contributed by atoms with Crippen molar-refractivity contribution in [1.82, 2.24) is 4.90 Å². The third-order valence-corrected chi connectivity index (χ3v) is 4.56. The highest BCUT2D eigenvalue weighted by Gasteiger charge is 2.25. The molecule has 2 N–H and O–H groups in total. The summed E-state index contributed by atoms with van der Waals surface area (Å²) in [6, 6.07) is 16.5. The summed E-state index contributed by atoms with van der Waals surface area (Å²) in [6.45, 7) is 4.67. The second-order valence-corrected chi connectivity index (χ2v) is 6.19. The lowest BCUT2D eigenvalue weighted by molar-refractivity contribution is 0.100. The summed E-state index contributed by atoms with van der Waals surface area (Å²) >= 11 is 0. The van der Waals surface area contributed by atoms with Crippen molar-refractivity contribution in [3.8, 4) is 5.75 Å². The van der Waals surface area contributed by atoms with Crippen molar-refractivity contribution >= 4 is 5.91 Å². The van der Waals surface area contributed by atoms with Crippen LogP contribution in [-0.4, -0.2) is 24.0 Å². The number of ether oxygens (including phenoxy) is 1. The molecule has 1 aliphatic rings. The number of rotatable bonds is 6. The maximum Gasteiger partial charge on any atom is 0.248 e. The van der Waals surface area contributed by atoms with Crippen LogP contribution in [0.2, 0.25) is 0 Å². The van der Waals surface area contributed by atoms with E-state index in [1.54, 1.807) is 12.1 Å². The lowest BCUT2D eigenvalue weighted by atomic mass is 10.0. The Bertz CT molecular complexity index is 680. The monoisotopic (exact) mass is 324 g/mol. The van der Waals surface area contributed by atoms with Gasteiger partial charge in [-0.2, -0.15) is 0 Å². The number of benzene rings is 2. The Hall–Kier alpha value is -2.33. The van der Waals surface area contributed by atoms with E-state index in [0.29, 0.717) is 18.2 Å². The second kappa shape index (κ2) is 7.49. The van der Waals surface area contributed by atoms with Crippen molar-refractivity contribution in [3.05, 3.63) is 65.2 Å². The lowest BCUT2D eigenvalue weighted by Gasteiger charge is -2.25. The summed E-state index contributed by atoms with van der Waals surface area (Å²) in [6.07, 6.45) is 2.38. The van der Waals surface area contributed by atoms with Gasteiger partial charge in [-0.3, -0.25) is 9.69 Å². The summed E-state index contributed by atoms with van der Waals surface area (Å²) in [4.78, 5) is 13.7. The molecule has 0 saturated carbocycles. The molecule has 1 amide bonds. The molecular weight excluding hydrogens is 300 g/mol. The van der Waals surface area contributed by atoms with Crippen LogP contribution in [0.1, 0.15) is 47.3 Å². The molecule has 0 spiro atoms. The van der Waals surface area contributed by atoms with Gasteiger partial charge in [0.1, 0.15) is 5.75 Å². The molecule has 4 nitrogen and oxygen atoms in total. The molecule has 1 saturated heterocycles. The molecule has 24 heavy (non-hydrogen) atoms. The molecular formula is C20H24N2O2. The fraction of sp³-hybridized carbons (Fsp3) is 0.350. The number of carbonyl (C=O) groups is 1. The molecule has 2 aromatic carbocycles. The van der Waals surface area contributed by atoms with Crippen LogP contribution in [0.25, 0.3) is 0 Å². The number of carbonyl (C=O) groups excluding carboxylic acids is 1. The molecule has 0 bridgehead atoms. The van der Waals surface area contributed by atoms with Crippen LogP contribution in [0, 0.1) is 0 Å². The van der Waals surface area contributed by atoms with E-state index in [1.807, 2.05) is 19.1 Å². The van der Waals surface area contributed by atoms with Crippen molar-refractivity contribution in [2.75, 3.05) is 13.2 Å². The minimum absolute atomic E-state index is 0.380. The summed E-state index contributed by atoms with van der Waals surface area (Å²) in [5.41, 5.74) is 8.40. The van der Waals surface area contributed by atoms with Gasteiger partial charge in [-0.05, 0) is 61.7 Å². The molecule has 4 heteroatoms. The normalized spacial score (nSPS) is 17.8. The summed E-state index contributed by atoms with van der Waals surface area (Å²) in [5, 5.41) is 0. The number of hydrogen-bond acceptors (Lipinski definition) is 3. The molecule has 1 unspecified atom stereocenters. The Balaban J connectivity index is 1.69.